The number of fused-ring (bicyclic) bond motifs is 2. The molecule has 2 nitrogen and oxygen atoms in total. The molecule has 2 heterocycles. The third kappa shape index (κ3) is 0.854. The van der Waals surface area contributed by atoms with Crippen molar-refractivity contribution in [3.63, 3.8) is 0 Å². The first-order valence-electron chi connectivity index (χ1n) is 4.72. The third-order valence-corrected chi connectivity index (χ3v) is 4.27. The van der Waals surface area contributed by atoms with E-state index >= 15 is 0 Å². The van der Waals surface area contributed by atoms with Gasteiger partial charge in [0.2, 0.25) is 0 Å². The summed E-state index contributed by atoms with van der Waals surface area (Å²) in [6.45, 7) is 0. The van der Waals surface area contributed by atoms with Crippen molar-refractivity contribution < 1.29 is 4.79 Å². The van der Waals surface area contributed by atoms with Crippen LogP contribution in [0.15, 0.2) is 11.4 Å². The predicted octanol–water partition coefficient (Wildman–Crippen LogP) is 2.26. The zero-order valence-corrected chi connectivity index (χ0v) is 8.12. The van der Waals surface area contributed by atoms with Crippen molar-refractivity contribution in [1.82, 2.24) is 5.32 Å². The average molecular weight is 193 g/mol. The Morgan fingerprint density at radius 3 is 2.92 bits per heavy atom. The maximum Gasteiger partial charge on any atom is 0.253 e. The first-order valence-corrected chi connectivity index (χ1v) is 5.60. The largest absolute Gasteiger partial charge is 0.342 e. The Kier molecular flexibility index (Phi) is 1.37. The second-order valence-corrected chi connectivity index (χ2v) is 4.82. The molecule has 0 atom stereocenters. The minimum Gasteiger partial charge on any atom is -0.342 e. The number of carbonyl (C=O) groups is 1. The van der Waals surface area contributed by atoms with E-state index in [0.717, 1.165) is 18.4 Å². The van der Waals surface area contributed by atoms with Gasteiger partial charge in [0.1, 0.15) is 0 Å². The summed E-state index contributed by atoms with van der Waals surface area (Å²) in [5.74, 6) is 0.137. The van der Waals surface area contributed by atoms with Gasteiger partial charge in [-0.05, 0) is 24.3 Å². The third-order valence-electron chi connectivity index (χ3n) is 3.15. The monoisotopic (exact) mass is 193 g/mol. The van der Waals surface area contributed by atoms with Crippen molar-refractivity contribution in [2.24, 2.45) is 0 Å². The van der Waals surface area contributed by atoms with E-state index in [1.807, 2.05) is 11.4 Å². The first kappa shape index (κ1) is 7.56. The summed E-state index contributed by atoms with van der Waals surface area (Å²) in [6, 6.07) is 1.95. The zero-order valence-electron chi connectivity index (χ0n) is 7.30. The lowest BCUT2D eigenvalue weighted by Gasteiger charge is -2.22. The molecule has 1 aliphatic carbocycles. The highest BCUT2D eigenvalue weighted by Crippen LogP contribution is 2.46. The number of rotatable bonds is 0. The second kappa shape index (κ2) is 2.35. The summed E-state index contributed by atoms with van der Waals surface area (Å²) in [6.07, 6.45) is 4.76. The van der Waals surface area contributed by atoms with E-state index in [2.05, 4.69) is 5.32 Å². The molecule has 0 radical (unpaired) electrons. The normalized spacial score (nSPS) is 23.5. The van der Waals surface area contributed by atoms with Gasteiger partial charge in [-0.3, -0.25) is 4.79 Å². The van der Waals surface area contributed by atoms with Gasteiger partial charge in [-0.1, -0.05) is 12.8 Å². The molecule has 13 heavy (non-hydrogen) atoms. The van der Waals surface area contributed by atoms with Crippen molar-refractivity contribution in [2.45, 2.75) is 31.2 Å². The van der Waals surface area contributed by atoms with Crippen molar-refractivity contribution in [1.29, 1.82) is 0 Å². The Balaban J connectivity index is 2.16. The van der Waals surface area contributed by atoms with Crippen LogP contribution in [0.3, 0.4) is 0 Å². The molecular formula is C10H11NOS. The van der Waals surface area contributed by atoms with E-state index < -0.39 is 0 Å². The number of thiophene rings is 1. The highest BCUT2D eigenvalue weighted by Gasteiger charge is 2.45. The van der Waals surface area contributed by atoms with Gasteiger partial charge in [-0.15, -0.1) is 11.3 Å². The molecule has 1 fully saturated rings. The van der Waals surface area contributed by atoms with E-state index in [9.17, 15) is 4.79 Å². The van der Waals surface area contributed by atoms with Gasteiger partial charge < -0.3 is 5.32 Å². The van der Waals surface area contributed by atoms with E-state index in [-0.39, 0.29) is 11.4 Å². The highest BCUT2D eigenvalue weighted by atomic mass is 32.1. The fraction of sp³-hybridized carbons (Fsp3) is 0.500. The summed E-state index contributed by atoms with van der Waals surface area (Å²) >= 11 is 1.73. The molecule has 0 saturated heterocycles. The van der Waals surface area contributed by atoms with Crippen molar-refractivity contribution in [3.05, 3.63) is 21.9 Å². The van der Waals surface area contributed by atoms with Gasteiger partial charge in [0.05, 0.1) is 11.1 Å². The lowest BCUT2D eigenvalue weighted by atomic mass is 9.97. The van der Waals surface area contributed by atoms with Crippen LogP contribution in [-0.2, 0) is 5.54 Å². The number of hydrogen-bond donors (Lipinski definition) is 1. The van der Waals surface area contributed by atoms with Gasteiger partial charge in [-0.25, -0.2) is 0 Å². The molecule has 1 aromatic heterocycles. The standard InChI is InChI=1S/C10H11NOS/c12-9-7-3-6-13-8(7)10(11-9)4-1-2-5-10/h3,6H,1-2,4-5H2,(H,11,12). The van der Waals surface area contributed by atoms with Crippen LogP contribution in [-0.4, -0.2) is 5.91 Å². The predicted molar refractivity (Wildman–Crippen MR) is 51.9 cm³/mol. The van der Waals surface area contributed by atoms with Crippen LogP contribution in [0.5, 0.6) is 0 Å². The average Bonchev–Trinajstić information content (AvgIpc) is 2.74. The molecule has 1 aliphatic heterocycles. The lowest BCUT2D eigenvalue weighted by molar-refractivity contribution is 0.0931. The van der Waals surface area contributed by atoms with E-state index in [4.69, 9.17) is 0 Å². The molecule has 1 aromatic rings. The van der Waals surface area contributed by atoms with Gasteiger partial charge in [0, 0.05) is 4.88 Å². The summed E-state index contributed by atoms with van der Waals surface area (Å²) in [4.78, 5) is 12.9. The van der Waals surface area contributed by atoms with Crippen molar-refractivity contribution in [3.8, 4) is 0 Å². The maximum atomic E-state index is 11.6. The van der Waals surface area contributed by atoms with E-state index in [1.165, 1.54) is 17.7 Å². The number of nitrogens with one attached hydrogen (secondary N) is 1. The quantitative estimate of drug-likeness (QED) is 0.672. The molecule has 68 valence electrons. The van der Waals surface area contributed by atoms with Crippen LogP contribution in [0.1, 0.15) is 40.9 Å². The fourth-order valence-corrected chi connectivity index (χ4v) is 3.64. The molecule has 2 aliphatic rings. The smallest absolute Gasteiger partial charge is 0.253 e. The topological polar surface area (TPSA) is 29.1 Å². The minimum atomic E-state index is 0.0422. The SMILES string of the molecule is O=C1NC2(CCCC2)c2sccc21. The molecule has 1 spiro atoms. The molecule has 1 N–H and O–H groups in total. The Morgan fingerprint density at radius 1 is 1.38 bits per heavy atom. The molecule has 1 saturated carbocycles. The Labute approximate surface area is 81.0 Å². The Hall–Kier alpha value is -0.830. The molecule has 0 unspecified atom stereocenters. The number of amides is 1. The van der Waals surface area contributed by atoms with Crippen LogP contribution in [0.25, 0.3) is 0 Å². The van der Waals surface area contributed by atoms with Gasteiger partial charge in [0.25, 0.3) is 5.91 Å². The lowest BCUT2D eigenvalue weighted by Crippen LogP contribution is -2.36. The fourth-order valence-electron chi connectivity index (χ4n) is 2.53. The van der Waals surface area contributed by atoms with Crippen molar-refractivity contribution >= 4 is 17.2 Å². The molecule has 0 bridgehead atoms. The molecular weight excluding hydrogens is 182 g/mol. The van der Waals surface area contributed by atoms with Gasteiger partial charge in [-0.2, -0.15) is 0 Å². The number of hydrogen-bond acceptors (Lipinski definition) is 2. The maximum absolute atomic E-state index is 11.6. The minimum absolute atomic E-state index is 0.0422. The zero-order chi connectivity index (χ0) is 8.89. The summed E-state index contributed by atoms with van der Waals surface area (Å²) in [5, 5.41) is 5.18. The first-order chi connectivity index (χ1) is 6.32. The van der Waals surface area contributed by atoms with Gasteiger partial charge >= 0.3 is 0 Å². The molecule has 1 amide bonds. The van der Waals surface area contributed by atoms with Crippen LogP contribution < -0.4 is 5.32 Å². The van der Waals surface area contributed by atoms with Crippen molar-refractivity contribution in [2.75, 3.05) is 0 Å². The number of carbonyl (C=O) groups excluding carboxylic acids is 1. The Morgan fingerprint density at radius 2 is 2.15 bits per heavy atom. The van der Waals surface area contributed by atoms with Gasteiger partial charge in [0.15, 0.2) is 0 Å². The Bertz CT molecular complexity index is 363. The molecule has 3 rings (SSSR count). The second-order valence-electron chi connectivity index (χ2n) is 3.91. The van der Waals surface area contributed by atoms with E-state index in [0.29, 0.717) is 0 Å². The van der Waals surface area contributed by atoms with E-state index in [1.54, 1.807) is 11.3 Å². The van der Waals surface area contributed by atoms with Crippen LogP contribution in [0.4, 0.5) is 0 Å². The summed E-state index contributed by atoms with van der Waals surface area (Å²) in [7, 11) is 0. The van der Waals surface area contributed by atoms with Crippen LogP contribution >= 0.6 is 11.3 Å². The van der Waals surface area contributed by atoms with Crippen LogP contribution in [0, 0.1) is 0 Å². The highest BCUT2D eigenvalue weighted by molar-refractivity contribution is 7.10. The van der Waals surface area contributed by atoms with Crippen LogP contribution in [0.2, 0.25) is 0 Å². The molecule has 3 heteroatoms. The molecule has 0 aromatic carbocycles. The summed E-state index contributed by atoms with van der Waals surface area (Å²) < 4.78 is 0. The summed E-state index contributed by atoms with van der Waals surface area (Å²) in [5.41, 5.74) is 0.965.